The number of rotatable bonds is 2. The maximum atomic E-state index is 2.75. The first kappa shape index (κ1) is 13.2. The second-order valence-electron chi connectivity index (χ2n) is 6.04. The Bertz CT molecular complexity index is 214. The SMILES string of the molecule is [B](C1CC/C=C\CCC1)C1CCCCCCC1. The fourth-order valence-corrected chi connectivity index (χ4v) is 3.45. The van der Waals surface area contributed by atoms with Gasteiger partial charge in [0.15, 0.2) is 0 Å². The minimum atomic E-state index is 0.921. The van der Waals surface area contributed by atoms with Crippen molar-refractivity contribution in [3.8, 4) is 0 Å². The van der Waals surface area contributed by atoms with Crippen molar-refractivity contribution < 1.29 is 0 Å². The summed E-state index contributed by atoms with van der Waals surface area (Å²) in [6.07, 6.45) is 22.0. The van der Waals surface area contributed by atoms with Gasteiger partial charge in [-0.3, -0.25) is 0 Å². The Kier molecular flexibility index (Phi) is 6.23. The molecule has 0 heterocycles. The number of hydrogen-bond acceptors (Lipinski definition) is 0. The summed E-state index contributed by atoms with van der Waals surface area (Å²) in [5, 5.41) is 0. The highest BCUT2D eigenvalue weighted by molar-refractivity contribution is 6.39. The predicted molar refractivity (Wildman–Crippen MR) is 77.8 cm³/mol. The molecule has 1 fully saturated rings. The molecule has 0 aromatic rings. The quantitative estimate of drug-likeness (QED) is 0.432. The molecule has 0 aliphatic heterocycles. The van der Waals surface area contributed by atoms with Crippen LogP contribution in [-0.2, 0) is 0 Å². The van der Waals surface area contributed by atoms with Crippen molar-refractivity contribution in [2.75, 3.05) is 0 Å². The van der Waals surface area contributed by atoms with E-state index >= 15 is 0 Å². The summed E-state index contributed by atoms with van der Waals surface area (Å²) in [5.74, 6) is 1.87. The van der Waals surface area contributed by atoms with Crippen LogP contribution in [0, 0.1) is 0 Å². The van der Waals surface area contributed by atoms with E-state index in [9.17, 15) is 0 Å². The van der Waals surface area contributed by atoms with E-state index in [2.05, 4.69) is 19.4 Å². The molecule has 1 atom stereocenters. The maximum Gasteiger partial charge on any atom is 0.117 e. The van der Waals surface area contributed by atoms with Crippen LogP contribution in [-0.4, -0.2) is 7.28 Å². The molecule has 0 saturated heterocycles. The van der Waals surface area contributed by atoms with E-state index in [-0.39, 0.29) is 0 Å². The van der Waals surface area contributed by atoms with Gasteiger partial charge < -0.3 is 0 Å². The number of hydrogen-bond donors (Lipinski definition) is 0. The standard InChI is InChI=1S/C16H28B/c1-3-7-11-15(12-8-4-1)17-16-13-9-5-2-6-10-14-16/h1,3,15-16H,2,4-14H2/b3-1-. The summed E-state index contributed by atoms with van der Waals surface area (Å²) in [7, 11) is 2.75. The van der Waals surface area contributed by atoms with Crippen LogP contribution in [0.25, 0.3) is 0 Å². The average molecular weight is 231 g/mol. The predicted octanol–water partition coefficient (Wildman–Crippen LogP) is 5.53. The Morgan fingerprint density at radius 2 is 1.18 bits per heavy atom. The van der Waals surface area contributed by atoms with Crippen LogP contribution >= 0.6 is 0 Å². The lowest BCUT2D eigenvalue weighted by atomic mass is 9.50. The molecule has 0 N–H and O–H groups in total. The zero-order valence-electron chi connectivity index (χ0n) is 11.4. The van der Waals surface area contributed by atoms with Gasteiger partial charge in [0.1, 0.15) is 7.28 Å². The van der Waals surface area contributed by atoms with Gasteiger partial charge >= 0.3 is 0 Å². The Morgan fingerprint density at radius 3 is 2.00 bits per heavy atom. The zero-order valence-corrected chi connectivity index (χ0v) is 11.4. The van der Waals surface area contributed by atoms with E-state index < -0.39 is 0 Å². The topological polar surface area (TPSA) is 0 Å². The van der Waals surface area contributed by atoms with E-state index in [4.69, 9.17) is 0 Å². The van der Waals surface area contributed by atoms with Crippen LogP contribution in [0.5, 0.6) is 0 Å². The van der Waals surface area contributed by atoms with E-state index in [1.54, 1.807) is 0 Å². The Labute approximate surface area is 108 Å². The second kappa shape index (κ2) is 8.00. The van der Waals surface area contributed by atoms with Gasteiger partial charge in [0.05, 0.1) is 0 Å². The smallest absolute Gasteiger partial charge is 0.0886 e. The molecule has 2 aliphatic rings. The molecule has 95 valence electrons. The largest absolute Gasteiger partial charge is 0.117 e. The molecule has 1 unspecified atom stereocenters. The summed E-state index contributed by atoms with van der Waals surface area (Å²) >= 11 is 0. The fourth-order valence-electron chi connectivity index (χ4n) is 3.45. The minimum absolute atomic E-state index is 0.921. The molecule has 17 heavy (non-hydrogen) atoms. The van der Waals surface area contributed by atoms with Crippen molar-refractivity contribution in [1.29, 1.82) is 0 Å². The molecule has 0 aromatic heterocycles. The molecular formula is C16H28B. The summed E-state index contributed by atoms with van der Waals surface area (Å²) < 4.78 is 0. The Morgan fingerprint density at radius 1 is 0.588 bits per heavy atom. The first-order valence-electron chi connectivity index (χ1n) is 7.95. The van der Waals surface area contributed by atoms with Crippen molar-refractivity contribution in [3.63, 3.8) is 0 Å². The van der Waals surface area contributed by atoms with E-state index in [0.717, 1.165) is 11.6 Å². The highest BCUT2D eigenvalue weighted by atomic mass is 14.1. The summed E-state index contributed by atoms with van der Waals surface area (Å²) in [6, 6.07) is 0. The molecule has 2 aliphatic carbocycles. The van der Waals surface area contributed by atoms with E-state index in [0.29, 0.717) is 0 Å². The number of allylic oxidation sites excluding steroid dienone is 2. The second-order valence-corrected chi connectivity index (χ2v) is 6.04. The van der Waals surface area contributed by atoms with Crippen LogP contribution in [0.1, 0.15) is 77.0 Å². The van der Waals surface area contributed by atoms with Gasteiger partial charge in [-0.25, -0.2) is 0 Å². The van der Waals surface area contributed by atoms with Crippen LogP contribution in [0.15, 0.2) is 12.2 Å². The van der Waals surface area contributed by atoms with Crippen LogP contribution in [0.2, 0.25) is 11.6 Å². The first-order valence-corrected chi connectivity index (χ1v) is 7.95. The molecule has 2 rings (SSSR count). The molecule has 0 spiro atoms. The normalized spacial score (nSPS) is 30.7. The molecule has 0 aromatic carbocycles. The van der Waals surface area contributed by atoms with Gasteiger partial charge in [0.2, 0.25) is 0 Å². The fraction of sp³-hybridized carbons (Fsp3) is 0.875. The minimum Gasteiger partial charge on any atom is -0.0886 e. The summed E-state index contributed by atoms with van der Waals surface area (Å²) in [6.45, 7) is 0. The highest BCUT2D eigenvalue weighted by Crippen LogP contribution is 2.33. The maximum absolute atomic E-state index is 2.75. The molecule has 1 radical (unpaired) electrons. The zero-order chi connectivity index (χ0) is 11.8. The lowest BCUT2D eigenvalue weighted by Gasteiger charge is -2.24. The Balaban J connectivity index is 1.74. The lowest BCUT2D eigenvalue weighted by molar-refractivity contribution is 0.495. The monoisotopic (exact) mass is 231 g/mol. The van der Waals surface area contributed by atoms with Crippen LogP contribution in [0.4, 0.5) is 0 Å². The third-order valence-electron chi connectivity index (χ3n) is 4.51. The van der Waals surface area contributed by atoms with Crippen molar-refractivity contribution in [3.05, 3.63) is 12.2 Å². The van der Waals surface area contributed by atoms with Crippen molar-refractivity contribution in [1.82, 2.24) is 0 Å². The molecule has 1 heteroatoms. The lowest BCUT2D eigenvalue weighted by Crippen LogP contribution is -2.13. The third-order valence-corrected chi connectivity index (χ3v) is 4.51. The molecule has 0 nitrogen and oxygen atoms in total. The highest BCUT2D eigenvalue weighted by Gasteiger charge is 2.18. The average Bonchev–Trinajstić information content (AvgIpc) is 2.24. The molecular weight excluding hydrogens is 203 g/mol. The van der Waals surface area contributed by atoms with Crippen molar-refractivity contribution in [2.45, 2.75) is 88.7 Å². The van der Waals surface area contributed by atoms with Gasteiger partial charge in [-0.1, -0.05) is 88.0 Å². The van der Waals surface area contributed by atoms with Gasteiger partial charge in [-0.05, 0) is 12.8 Å². The van der Waals surface area contributed by atoms with Gasteiger partial charge in [0, 0.05) is 0 Å². The van der Waals surface area contributed by atoms with Gasteiger partial charge in [-0.2, -0.15) is 0 Å². The van der Waals surface area contributed by atoms with Gasteiger partial charge in [0.25, 0.3) is 0 Å². The van der Waals surface area contributed by atoms with Crippen molar-refractivity contribution >= 4 is 7.28 Å². The summed E-state index contributed by atoms with van der Waals surface area (Å²) in [5.41, 5.74) is 0. The van der Waals surface area contributed by atoms with E-state index in [1.807, 2.05) is 0 Å². The van der Waals surface area contributed by atoms with Crippen molar-refractivity contribution in [2.24, 2.45) is 0 Å². The molecule has 0 bridgehead atoms. The molecule has 0 amide bonds. The first-order chi connectivity index (χ1) is 8.45. The van der Waals surface area contributed by atoms with Crippen LogP contribution < -0.4 is 0 Å². The Hall–Kier alpha value is -0.195. The summed E-state index contributed by atoms with van der Waals surface area (Å²) in [4.78, 5) is 0. The third kappa shape index (κ3) is 5.32. The van der Waals surface area contributed by atoms with Gasteiger partial charge in [-0.15, -0.1) is 0 Å². The molecule has 1 saturated carbocycles. The van der Waals surface area contributed by atoms with E-state index in [1.165, 1.54) is 77.0 Å². The van der Waals surface area contributed by atoms with Crippen LogP contribution in [0.3, 0.4) is 0 Å².